The Morgan fingerprint density at radius 2 is 1.29 bits per heavy atom. The fourth-order valence-corrected chi connectivity index (χ4v) is 3.27. The number of hydrogen-bond donors (Lipinski definition) is 2. The van der Waals surface area contributed by atoms with Crippen molar-refractivity contribution in [2.45, 2.75) is 6.42 Å². The second-order valence-corrected chi connectivity index (χ2v) is 6.74. The molecule has 138 valence electrons. The van der Waals surface area contributed by atoms with Crippen LogP contribution in [0.2, 0.25) is 0 Å². The molecule has 4 aromatic rings. The number of benzene rings is 4. The van der Waals surface area contributed by atoms with E-state index in [0.29, 0.717) is 5.69 Å². The Kier molecular flexibility index (Phi) is 4.98. The maximum atomic E-state index is 6.25. The Morgan fingerprint density at radius 3 is 2.04 bits per heavy atom. The van der Waals surface area contributed by atoms with E-state index in [1.807, 2.05) is 54.6 Å². The lowest BCUT2D eigenvalue weighted by molar-refractivity contribution is 0.482. The summed E-state index contributed by atoms with van der Waals surface area (Å²) in [5, 5.41) is 0. The van der Waals surface area contributed by atoms with Crippen LogP contribution in [0.4, 0.5) is 11.4 Å². The molecular formula is C25H22N2O. The van der Waals surface area contributed by atoms with Gasteiger partial charge in [-0.3, -0.25) is 0 Å². The second kappa shape index (κ2) is 7.89. The Labute approximate surface area is 165 Å². The van der Waals surface area contributed by atoms with Crippen LogP contribution in [0.25, 0.3) is 11.1 Å². The third-order valence-electron chi connectivity index (χ3n) is 4.68. The minimum atomic E-state index is 0.715. The summed E-state index contributed by atoms with van der Waals surface area (Å²) in [5.74, 6) is 1.54. The van der Waals surface area contributed by atoms with E-state index in [1.54, 1.807) is 0 Å². The molecule has 0 atom stereocenters. The Hall–Kier alpha value is -3.72. The third-order valence-corrected chi connectivity index (χ3v) is 4.68. The van der Waals surface area contributed by atoms with Crippen LogP contribution in [0.3, 0.4) is 0 Å². The third kappa shape index (κ3) is 3.99. The van der Waals surface area contributed by atoms with E-state index < -0.39 is 0 Å². The summed E-state index contributed by atoms with van der Waals surface area (Å²) in [6.45, 7) is 0. The molecule has 0 fully saturated rings. The average Bonchev–Trinajstić information content (AvgIpc) is 2.72. The van der Waals surface area contributed by atoms with E-state index in [0.717, 1.165) is 40.3 Å². The van der Waals surface area contributed by atoms with Crippen molar-refractivity contribution in [1.29, 1.82) is 0 Å². The zero-order valence-corrected chi connectivity index (χ0v) is 15.5. The SMILES string of the molecule is Nc1ccc(Oc2ccc(-c3ccccc3N)c(Cc3ccccc3)c2)cc1. The van der Waals surface area contributed by atoms with Gasteiger partial charge in [0.05, 0.1) is 0 Å². The summed E-state index contributed by atoms with van der Waals surface area (Å²) in [5.41, 5.74) is 18.0. The molecule has 4 N–H and O–H groups in total. The normalized spacial score (nSPS) is 10.6. The van der Waals surface area contributed by atoms with Gasteiger partial charge < -0.3 is 16.2 Å². The van der Waals surface area contributed by atoms with Gasteiger partial charge in [-0.15, -0.1) is 0 Å². The van der Waals surface area contributed by atoms with Crippen LogP contribution in [0.5, 0.6) is 11.5 Å². The van der Waals surface area contributed by atoms with E-state index in [1.165, 1.54) is 5.56 Å². The molecule has 4 rings (SSSR count). The van der Waals surface area contributed by atoms with Gasteiger partial charge in [-0.25, -0.2) is 0 Å². The van der Waals surface area contributed by atoms with Gasteiger partial charge in [-0.05, 0) is 65.6 Å². The first-order valence-corrected chi connectivity index (χ1v) is 9.24. The van der Waals surface area contributed by atoms with Gasteiger partial charge in [0.1, 0.15) is 11.5 Å². The lowest BCUT2D eigenvalue weighted by Gasteiger charge is -2.15. The molecule has 3 heteroatoms. The molecule has 0 saturated heterocycles. The van der Waals surface area contributed by atoms with Crippen molar-refractivity contribution in [2.75, 3.05) is 11.5 Å². The van der Waals surface area contributed by atoms with E-state index in [-0.39, 0.29) is 0 Å². The van der Waals surface area contributed by atoms with Gasteiger partial charge in [0.25, 0.3) is 0 Å². The first kappa shape index (κ1) is 17.7. The van der Waals surface area contributed by atoms with Crippen LogP contribution >= 0.6 is 0 Å². The highest BCUT2D eigenvalue weighted by Gasteiger charge is 2.11. The van der Waals surface area contributed by atoms with Gasteiger partial charge in [0.15, 0.2) is 0 Å². The number of anilines is 2. The first-order chi connectivity index (χ1) is 13.7. The molecule has 0 amide bonds. The molecule has 4 aromatic carbocycles. The molecule has 3 nitrogen and oxygen atoms in total. The lowest BCUT2D eigenvalue weighted by Crippen LogP contribution is -1.97. The van der Waals surface area contributed by atoms with E-state index in [2.05, 4.69) is 42.5 Å². The number of ether oxygens (including phenoxy) is 1. The zero-order valence-electron chi connectivity index (χ0n) is 15.5. The predicted octanol–water partition coefficient (Wildman–Crippen LogP) is 5.90. The van der Waals surface area contributed by atoms with Crippen LogP contribution in [-0.4, -0.2) is 0 Å². The van der Waals surface area contributed by atoms with E-state index in [9.17, 15) is 0 Å². The van der Waals surface area contributed by atoms with Crippen molar-refractivity contribution < 1.29 is 4.74 Å². The molecular weight excluding hydrogens is 344 g/mol. The highest BCUT2D eigenvalue weighted by Crippen LogP contribution is 2.34. The molecule has 0 aliphatic carbocycles. The molecule has 0 unspecified atom stereocenters. The molecule has 0 aliphatic rings. The number of para-hydroxylation sites is 1. The smallest absolute Gasteiger partial charge is 0.127 e. The summed E-state index contributed by atoms with van der Waals surface area (Å²) in [6.07, 6.45) is 0.795. The average molecular weight is 366 g/mol. The molecule has 28 heavy (non-hydrogen) atoms. The van der Waals surface area contributed by atoms with Crippen molar-refractivity contribution in [3.8, 4) is 22.6 Å². The van der Waals surface area contributed by atoms with Crippen LogP contribution < -0.4 is 16.2 Å². The van der Waals surface area contributed by atoms with Crippen LogP contribution in [0, 0.1) is 0 Å². The maximum absolute atomic E-state index is 6.25. The van der Waals surface area contributed by atoms with Gasteiger partial charge in [-0.2, -0.15) is 0 Å². The van der Waals surface area contributed by atoms with Crippen molar-refractivity contribution >= 4 is 11.4 Å². The van der Waals surface area contributed by atoms with E-state index in [4.69, 9.17) is 16.2 Å². The Balaban J connectivity index is 1.73. The van der Waals surface area contributed by atoms with Crippen LogP contribution in [0.15, 0.2) is 97.1 Å². The highest BCUT2D eigenvalue weighted by atomic mass is 16.5. The quantitative estimate of drug-likeness (QED) is 0.432. The van der Waals surface area contributed by atoms with Gasteiger partial charge >= 0.3 is 0 Å². The second-order valence-electron chi connectivity index (χ2n) is 6.74. The molecule has 0 radical (unpaired) electrons. The molecule has 0 bridgehead atoms. The molecule has 0 spiro atoms. The van der Waals surface area contributed by atoms with Gasteiger partial charge in [-0.1, -0.05) is 54.6 Å². The number of hydrogen-bond acceptors (Lipinski definition) is 3. The summed E-state index contributed by atoms with van der Waals surface area (Å²) < 4.78 is 6.05. The minimum absolute atomic E-state index is 0.715. The highest BCUT2D eigenvalue weighted by molar-refractivity contribution is 5.79. The van der Waals surface area contributed by atoms with E-state index >= 15 is 0 Å². The summed E-state index contributed by atoms with van der Waals surface area (Å²) in [6, 6.07) is 31.9. The minimum Gasteiger partial charge on any atom is -0.457 e. The Bertz CT molecular complexity index is 1070. The standard InChI is InChI=1S/C25H22N2O/c26-20-10-12-21(13-11-20)28-22-14-15-23(24-8-4-5-9-25(24)27)19(17-22)16-18-6-2-1-3-7-18/h1-15,17H,16,26-27H2. The monoisotopic (exact) mass is 366 g/mol. The molecule has 0 aliphatic heterocycles. The maximum Gasteiger partial charge on any atom is 0.127 e. The fourth-order valence-electron chi connectivity index (χ4n) is 3.27. The van der Waals surface area contributed by atoms with Gasteiger partial charge in [0, 0.05) is 16.9 Å². The largest absolute Gasteiger partial charge is 0.457 e. The van der Waals surface area contributed by atoms with Gasteiger partial charge in [0.2, 0.25) is 0 Å². The summed E-state index contributed by atoms with van der Waals surface area (Å²) in [4.78, 5) is 0. The first-order valence-electron chi connectivity index (χ1n) is 9.24. The van der Waals surface area contributed by atoms with Crippen LogP contribution in [-0.2, 0) is 6.42 Å². The summed E-state index contributed by atoms with van der Waals surface area (Å²) >= 11 is 0. The molecule has 0 heterocycles. The van der Waals surface area contributed by atoms with Crippen molar-refractivity contribution in [3.05, 3.63) is 108 Å². The number of rotatable bonds is 5. The summed E-state index contributed by atoms with van der Waals surface area (Å²) in [7, 11) is 0. The number of nitrogen functional groups attached to an aromatic ring is 2. The topological polar surface area (TPSA) is 61.3 Å². The van der Waals surface area contributed by atoms with Crippen molar-refractivity contribution in [1.82, 2.24) is 0 Å². The number of nitrogens with two attached hydrogens (primary N) is 2. The molecule has 0 aromatic heterocycles. The predicted molar refractivity (Wildman–Crippen MR) is 116 cm³/mol. The van der Waals surface area contributed by atoms with Crippen molar-refractivity contribution in [2.24, 2.45) is 0 Å². The lowest BCUT2D eigenvalue weighted by atomic mass is 9.94. The Morgan fingerprint density at radius 1 is 0.607 bits per heavy atom. The molecule has 0 saturated carbocycles. The zero-order chi connectivity index (χ0) is 19.3. The van der Waals surface area contributed by atoms with Crippen LogP contribution in [0.1, 0.15) is 11.1 Å². The van der Waals surface area contributed by atoms with Crippen molar-refractivity contribution in [3.63, 3.8) is 0 Å². The fraction of sp³-hybridized carbons (Fsp3) is 0.0400.